The molecule has 1 aromatic heterocycles. The predicted molar refractivity (Wildman–Crippen MR) is 195 cm³/mol. The van der Waals surface area contributed by atoms with Crippen molar-refractivity contribution in [2.75, 3.05) is 6.54 Å². The van der Waals surface area contributed by atoms with Gasteiger partial charge in [-0.15, -0.1) is 0 Å². The van der Waals surface area contributed by atoms with Gasteiger partial charge in [0.15, 0.2) is 0 Å². The topological polar surface area (TPSA) is 135 Å². The van der Waals surface area contributed by atoms with Crippen molar-refractivity contribution < 1.29 is 37.6 Å². The molecule has 3 aliphatic heterocycles. The van der Waals surface area contributed by atoms with E-state index in [1.807, 2.05) is 65.8 Å². The molecule has 4 aliphatic rings. The number of alkyl carbamates (subject to hydrolysis) is 1. The SMILES string of the molecule is CC(C)C(NC(=O)OC1CCCC1)C(=O)N1C[C@H](OC(=O)N2Cc3cccc(F)c3C2)C[C@H]1c1nc(-c2ccc(B3OC(C)(C)C(C)(C)O3)cc2)c[nH]1. The maximum absolute atomic E-state index is 14.4. The summed E-state index contributed by atoms with van der Waals surface area (Å²) >= 11 is 0. The molecule has 3 fully saturated rings. The van der Waals surface area contributed by atoms with Gasteiger partial charge in [0.05, 0.1) is 36.0 Å². The number of carbonyl (C=O) groups is 3. The number of H-pyrrole nitrogens is 1. The number of nitrogens with zero attached hydrogens (tertiary/aromatic N) is 3. The van der Waals surface area contributed by atoms with Crippen molar-refractivity contribution in [2.24, 2.45) is 5.92 Å². The number of halogens is 1. The molecule has 3 aromatic rings. The van der Waals surface area contributed by atoms with Crippen molar-refractivity contribution in [3.63, 3.8) is 0 Å². The van der Waals surface area contributed by atoms with Crippen LogP contribution in [-0.2, 0) is 36.7 Å². The Morgan fingerprint density at radius 2 is 1.68 bits per heavy atom. The fraction of sp³-hybridized carbons (Fsp3) is 0.538. The number of likely N-dealkylation sites (tertiary alicyclic amines) is 1. The van der Waals surface area contributed by atoms with Crippen LogP contribution in [-0.4, -0.2) is 81.0 Å². The Kier molecular flexibility index (Phi) is 10.0. The van der Waals surface area contributed by atoms with E-state index in [4.69, 9.17) is 23.8 Å². The molecule has 0 bridgehead atoms. The summed E-state index contributed by atoms with van der Waals surface area (Å²) < 4.78 is 38.5. The third-order valence-corrected chi connectivity index (χ3v) is 11.4. The zero-order valence-electron chi connectivity index (χ0n) is 31.3. The molecular formula is C39H49BFN5O7. The fourth-order valence-electron chi connectivity index (χ4n) is 7.57. The van der Waals surface area contributed by atoms with Crippen molar-refractivity contribution >= 4 is 30.7 Å². The van der Waals surface area contributed by atoms with Crippen LogP contribution in [0, 0.1) is 11.7 Å². The number of imidazole rings is 1. The molecule has 14 heteroatoms. The van der Waals surface area contributed by atoms with Gasteiger partial charge < -0.3 is 34.0 Å². The number of rotatable bonds is 8. The zero-order chi connectivity index (χ0) is 37.7. The summed E-state index contributed by atoms with van der Waals surface area (Å²) in [5, 5.41) is 2.82. The first kappa shape index (κ1) is 36.9. The van der Waals surface area contributed by atoms with E-state index < -0.39 is 48.7 Å². The molecule has 2 aromatic carbocycles. The molecule has 2 saturated heterocycles. The van der Waals surface area contributed by atoms with Gasteiger partial charge in [-0.1, -0.05) is 50.2 Å². The first-order valence-electron chi connectivity index (χ1n) is 18.7. The summed E-state index contributed by atoms with van der Waals surface area (Å²) in [7, 11) is -0.492. The number of carbonyl (C=O) groups excluding carboxylic acids is 3. The molecule has 1 unspecified atom stereocenters. The summed E-state index contributed by atoms with van der Waals surface area (Å²) in [4.78, 5) is 52.0. The summed E-state index contributed by atoms with van der Waals surface area (Å²) in [6, 6.07) is 11.2. The summed E-state index contributed by atoms with van der Waals surface area (Å²) in [5.74, 6) is -0.417. The molecular weight excluding hydrogens is 680 g/mol. The van der Waals surface area contributed by atoms with Crippen molar-refractivity contribution in [1.29, 1.82) is 0 Å². The van der Waals surface area contributed by atoms with Gasteiger partial charge in [-0.2, -0.15) is 0 Å². The maximum Gasteiger partial charge on any atom is 0.494 e. The van der Waals surface area contributed by atoms with Gasteiger partial charge in [0.2, 0.25) is 5.91 Å². The molecule has 4 heterocycles. The molecule has 3 amide bonds. The summed E-state index contributed by atoms with van der Waals surface area (Å²) in [6.45, 7) is 12.2. The van der Waals surface area contributed by atoms with Crippen molar-refractivity contribution in [1.82, 2.24) is 25.1 Å². The van der Waals surface area contributed by atoms with E-state index in [2.05, 4.69) is 10.3 Å². The molecule has 12 nitrogen and oxygen atoms in total. The van der Waals surface area contributed by atoms with E-state index in [-0.39, 0.29) is 49.8 Å². The lowest BCUT2D eigenvalue weighted by Gasteiger charge is -2.32. The van der Waals surface area contributed by atoms with Gasteiger partial charge >= 0.3 is 19.3 Å². The number of aromatic nitrogens is 2. The fourth-order valence-corrected chi connectivity index (χ4v) is 7.57. The monoisotopic (exact) mass is 729 g/mol. The van der Waals surface area contributed by atoms with Crippen LogP contribution in [0.15, 0.2) is 48.7 Å². The molecule has 7 rings (SSSR count). The molecule has 3 atom stereocenters. The first-order chi connectivity index (χ1) is 25.2. The number of benzene rings is 2. The number of nitrogens with one attached hydrogen (secondary N) is 2. The standard InChI is InChI=1S/C39H49BFN5O7/c1-23(2)33(44-36(48)50-27-11-7-8-12-27)35(47)46-21-28(51-37(49)45-20-25-10-9-13-30(41)29(25)22-45)18-32(46)34-42-19-31(43-34)24-14-16-26(17-15-24)40-52-38(3,4)39(5,6)53-40/h9-10,13-17,19,23,27-28,32-33H,7-8,11-12,18,20-22H2,1-6H3,(H,42,43)(H,44,48)/t28-,32+,33?/m1/s1. The number of ether oxygens (including phenoxy) is 2. The van der Waals surface area contributed by atoms with Gasteiger partial charge in [-0.25, -0.2) is 19.0 Å². The van der Waals surface area contributed by atoms with E-state index in [0.29, 0.717) is 17.1 Å². The lowest BCUT2D eigenvalue weighted by atomic mass is 9.79. The Hall–Kier alpha value is -4.43. The van der Waals surface area contributed by atoms with Crippen LogP contribution in [0.4, 0.5) is 14.0 Å². The van der Waals surface area contributed by atoms with E-state index in [1.54, 1.807) is 23.2 Å². The highest BCUT2D eigenvalue weighted by molar-refractivity contribution is 6.62. The second kappa shape index (κ2) is 14.4. The van der Waals surface area contributed by atoms with Gasteiger partial charge in [0, 0.05) is 30.3 Å². The highest BCUT2D eigenvalue weighted by Crippen LogP contribution is 2.38. The summed E-state index contributed by atoms with van der Waals surface area (Å²) in [6.07, 6.45) is 3.67. The highest BCUT2D eigenvalue weighted by Gasteiger charge is 2.51. The minimum Gasteiger partial charge on any atom is -0.446 e. The largest absolute Gasteiger partial charge is 0.494 e. The Bertz CT molecular complexity index is 1830. The maximum atomic E-state index is 14.4. The average molecular weight is 730 g/mol. The minimum atomic E-state index is -0.881. The number of amides is 3. The predicted octanol–water partition coefficient (Wildman–Crippen LogP) is 6.00. The third-order valence-electron chi connectivity index (χ3n) is 11.4. The first-order valence-corrected chi connectivity index (χ1v) is 18.7. The number of hydrogen-bond donors (Lipinski definition) is 2. The normalized spacial score (nSPS) is 22.7. The van der Waals surface area contributed by atoms with Crippen LogP contribution in [0.3, 0.4) is 0 Å². The lowest BCUT2D eigenvalue weighted by molar-refractivity contribution is -0.136. The van der Waals surface area contributed by atoms with E-state index in [0.717, 1.165) is 42.3 Å². The molecule has 0 radical (unpaired) electrons. The second-order valence-corrected chi connectivity index (χ2v) is 16.0. The van der Waals surface area contributed by atoms with Crippen LogP contribution in [0.5, 0.6) is 0 Å². The number of aromatic amines is 1. The van der Waals surface area contributed by atoms with Gasteiger partial charge in [-0.3, -0.25) is 9.69 Å². The van der Waals surface area contributed by atoms with Crippen LogP contribution < -0.4 is 10.8 Å². The highest BCUT2D eigenvalue weighted by atomic mass is 19.1. The Balaban J connectivity index is 1.09. The molecule has 1 aliphatic carbocycles. The molecule has 2 N–H and O–H groups in total. The van der Waals surface area contributed by atoms with E-state index >= 15 is 0 Å². The van der Waals surface area contributed by atoms with E-state index in [1.165, 1.54) is 11.0 Å². The van der Waals surface area contributed by atoms with Gasteiger partial charge in [-0.05, 0) is 76.4 Å². The Morgan fingerprint density at radius 3 is 2.34 bits per heavy atom. The summed E-state index contributed by atoms with van der Waals surface area (Å²) in [5.41, 5.74) is 2.72. The molecule has 282 valence electrons. The van der Waals surface area contributed by atoms with Crippen LogP contribution >= 0.6 is 0 Å². The van der Waals surface area contributed by atoms with E-state index in [9.17, 15) is 18.8 Å². The second-order valence-electron chi connectivity index (χ2n) is 16.0. The average Bonchev–Trinajstić information content (AvgIpc) is 3.95. The smallest absolute Gasteiger partial charge is 0.446 e. The van der Waals surface area contributed by atoms with Crippen LogP contribution in [0.1, 0.15) is 96.6 Å². The van der Waals surface area contributed by atoms with Gasteiger partial charge in [0.25, 0.3) is 0 Å². The minimum absolute atomic E-state index is 0.0891. The van der Waals surface area contributed by atoms with Crippen molar-refractivity contribution in [2.45, 2.75) is 122 Å². The lowest BCUT2D eigenvalue weighted by Crippen LogP contribution is -2.52. The van der Waals surface area contributed by atoms with Gasteiger partial charge in [0.1, 0.15) is 29.9 Å². The van der Waals surface area contributed by atoms with Crippen LogP contribution in [0.25, 0.3) is 11.3 Å². The Labute approximate surface area is 310 Å². The quantitative estimate of drug-likeness (QED) is 0.270. The van der Waals surface area contributed by atoms with Crippen molar-refractivity contribution in [3.05, 3.63) is 71.4 Å². The molecule has 53 heavy (non-hydrogen) atoms. The molecule has 0 spiro atoms. The number of hydrogen-bond acceptors (Lipinski definition) is 8. The molecule has 1 saturated carbocycles. The third kappa shape index (κ3) is 7.53. The number of fused-ring (bicyclic) bond motifs is 1. The Morgan fingerprint density at radius 1 is 0.981 bits per heavy atom. The van der Waals surface area contributed by atoms with Crippen LogP contribution in [0.2, 0.25) is 0 Å². The zero-order valence-corrected chi connectivity index (χ0v) is 31.3. The van der Waals surface area contributed by atoms with Crippen molar-refractivity contribution in [3.8, 4) is 11.3 Å².